The molecule has 0 spiro atoms. The third kappa shape index (κ3) is 4.52. The summed E-state index contributed by atoms with van der Waals surface area (Å²) in [5.41, 5.74) is 4.68. The standard InChI is InChI=1S/C24H11N2O.C11H7FN.Ir/c25-13-14-5-3-9-20-21(14)19-11-10-16-15-6-1-2-7-17(15)23-18(8-4-12-26-23)22(16)24(19)27-20;12-10-6-4-9(5-7-10)11-3-1-2-8-13-11;/h1-6,8-12H;1-4,6-8H;/q2*-1;. The molecule has 0 saturated carbocycles. The van der Waals surface area contributed by atoms with Crippen LogP contribution in [0.5, 0.6) is 0 Å². The summed E-state index contributed by atoms with van der Waals surface area (Å²) in [6.45, 7) is 0. The molecule has 0 aliphatic rings. The second-order valence-electron chi connectivity index (χ2n) is 9.25. The molecule has 0 amide bonds. The number of hydrogen-bond acceptors (Lipinski definition) is 4. The van der Waals surface area contributed by atoms with E-state index in [2.05, 4.69) is 52.4 Å². The topological polar surface area (TPSA) is 62.7 Å². The van der Waals surface area contributed by atoms with Gasteiger partial charge < -0.3 is 14.4 Å². The van der Waals surface area contributed by atoms with E-state index in [0.29, 0.717) is 5.56 Å². The molecule has 0 fully saturated rings. The van der Waals surface area contributed by atoms with Gasteiger partial charge in [0.05, 0.1) is 11.6 Å². The zero-order chi connectivity index (χ0) is 27.1. The van der Waals surface area contributed by atoms with Crippen LogP contribution in [0.4, 0.5) is 4.39 Å². The second kappa shape index (κ2) is 10.9. The third-order valence-corrected chi connectivity index (χ3v) is 6.96. The molecule has 3 heterocycles. The summed E-state index contributed by atoms with van der Waals surface area (Å²) < 4.78 is 18.8. The van der Waals surface area contributed by atoms with Crippen LogP contribution in [0.3, 0.4) is 0 Å². The van der Waals surface area contributed by atoms with Crippen molar-refractivity contribution in [2.45, 2.75) is 0 Å². The van der Waals surface area contributed by atoms with Crippen LogP contribution in [0.25, 0.3) is 65.6 Å². The number of pyridine rings is 2. The van der Waals surface area contributed by atoms with Gasteiger partial charge in [0, 0.05) is 54.5 Å². The summed E-state index contributed by atoms with van der Waals surface area (Å²) in [6, 6.07) is 38.2. The SMILES string of the molecule is Fc1c[c-]c(-c2ccccn2)cc1.N#Cc1cccc2oc3c(ccc4c5ccc[c-]c5c5ncccc5c43)c12.[Ir]. The molecular formula is C35H18FIrN3O-2. The summed E-state index contributed by atoms with van der Waals surface area (Å²) in [4.78, 5) is 8.75. The van der Waals surface area contributed by atoms with E-state index in [0.717, 1.165) is 65.6 Å². The molecule has 0 aliphatic heterocycles. The van der Waals surface area contributed by atoms with E-state index in [1.165, 1.54) is 12.1 Å². The first-order chi connectivity index (χ1) is 19.7. The van der Waals surface area contributed by atoms with Gasteiger partial charge in [0.2, 0.25) is 0 Å². The van der Waals surface area contributed by atoms with Crippen LogP contribution in [-0.2, 0) is 20.1 Å². The Balaban J connectivity index is 0.000000183. The Hall–Kier alpha value is -4.95. The van der Waals surface area contributed by atoms with Crippen molar-refractivity contribution in [1.82, 2.24) is 9.97 Å². The quantitative estimate of drug-likeness (QED) is 0.126. The van der Waals surface area contributed by atoms with Crippen molar-refractivity contribution in [2.75, 3.05) is 0 Å². The minimum Gasteiger partial charge on any atom is -0.455 e. The molecule has 0 aliphatic carbocycles. The molecule has 0 bridgehead atoms. The zero-order valence-electron chi connectivity index (χ0n) is 21.4. The van der Waals surface area contributed by atoms with Gasteiger partial charge in [0.1, 0.15) is 11.2 Å². The van der Waals surface area contributed by atoms with Gasteiger partial charge in [0.25, 0.3) is 0 Å². The number of nitrogens with zero attached hydrogens (tertiary/aromatic N) is 3. The van der Waals surface area contributed by atoms with Gasteiger partial charge in [-0.3, -0.25) is 4.39 Å². The van der Waals surface area contributed by atoms with Crippen LogP contribution in [0.15, 0.2) is 114 Å². The number of furan rings is 1. The molecule has 41 heavy (non-hydrogen) atoms. The molecule has 0 atom stereocenters. The first-order valence-corrected chi connectivity index (χ1v) is 12.7. The first-order valence-electron chi connectivity index (χ1n) is 12.7. The Morgan fingerprint density at radius 1 is 0.732 bits per heavy atom. The smallest absolute Gasteiger partial charge is 0.142 e. The summed E-state index contributed by atoms with van der Waals surface area (Å²) in [7, 11) is 0. The maximum Gasteiger partial charge on any atom is 0.142 e. The minimum atomic E-state index is -0.278. The summed E-state index contributed by atoms with van der Waals surface area (Å²) in [5.74, 6) is -0.278. The molecule has 8 rings (SSSR count). The first kappa shape index (κ1) is 26.3. The molecule has 8 aromatic rings. The Morgan fingerprint density at radius 2 is 1.59 bits per heavy atom. The van der Waals surface area contributed by atoms with Gasteiger partial charge in [-0.1, -0.05) is 41.8 Å². The number of hydrogen-bond donors (Lipinski definition) is 0. The third-order valence-electron chi connectivity index (χ3n) is 6.96. The van der Waals surface area contributed by atoms with E-state index in [9.17, 15) is 9.65 Å². The van der Waals surface area contributed by atoms with Crippen LogP contribution in [0.1, 0.15) is 5.56 Å². The second-order valence-corrected chi connectivity index (χ2v) is 9.25. The van der Waals surface area contributed by atoms with Crippen LogP contribution in [0.2, 0.25) is 0 Å². The molecule has 5 aromatic carbocycles. The van der Waals surface area contributed by atoms with E-state index in [1.54, 1.807) is 18.5 Å². The van der Waals surface area contributed by atoms with Gasteiger partial charge in [-0.15, -0.1) is 59.5 Å². The molecule has 0 saturated heterocycles. The Morgan fingerprint density at radius 3 is 2.39 bits per heavy atom. The molecule has 1 radical (unpaired) electrons. The Kier molecular flexibility index (Phi) is 6.99. The summed E-state index contributed by atoms with van der Waals surface area (Å²) >= 11 is 0. The monoisotopic (exact) mass is 708 g/mol. The number of aromatic nitrogens is 2. The Bertz CT molecular complexity index is 2200. The minimum absolute atomic E-state index is 0. The average molecular weight is 708 g/mol. The summed E-state index contributed by atoms with van der Waals surface area (Å²) in [5, 5.41) is 16.6. The van der Waals surface area contributed by atoms with Crippen molar-refractivity contribution in [3.05, 3.63) is 133 Å². The van der Waals surface area contributed by atoms with Gasteiger partial charge in [-0.2, -0.15) is 5.26 Å². The number of benzene rings is 5. The van der Waals surface area contributed by atoms with Crippen molar-refractivity contribution in [3.63, 3.8) is 0 Å². The number of halogens is 1. The van der Waals surface area contributed by atoms with E-state index >= 15 is 0 Å². The van der Waals surface area contributed by atoms with Crippen molar-refractivity contribution in [2.24, 2.45) is 0 Å². The predicted octanol–water partition coefficient (Wildman–Crippen LogP) is 8.80. The average Bonchev–Trinajstić information content (AvgIpc) is 3.41. The maximum atomic E-state index is 12.6. The van der Waals surface area contributed by atoms with E-state index in [1.807, 2.05) is 54.6 Å². The fraction of sp³-hybridized carbons (Fsp3) is 0. The van der Waals surface area contributed by atoms with Crippen molar-refractivity contribution in [3.8, 4) is 17.3 Å². The van der Waals surface area contributed by atoms with Gasteiger partial charge >= 0.3 is 0 Å². The molecule has 6 heteroatoms. The predicted molar refractivity (Wildman–Crippen MR) is 156 cm³/mol. The normalized spacial score (nSPS) is 10.8. The number of nitriles is 1. The maximum absolute atomic E-state index is 12.6. The van der Waals surface area contributed by atoms with Crippen LogP contribution in [0, 0.1) is 29.3 Å². The van der Waals surface area contributed by atoms with E-state index in [4.69, 9.17) is 4.42 Å². The largest absolute Gasteiger partial charge is 0.455 e. The number of rotatable bonds is 1. The van der Waals surface area contributed by atoms with Crippen molar-refractivity contribution < 1.29 is 28.9 Å². The van der Waals surface area contributed by atoms with Gasteiger partial charge in [-0.25, -0.2) is 0 Å². The van der Waals surface area contributed by atoms with Crippen molar-refractivity contribution in [1.29, 1.82) is 5.26 Å². The van der Waals surface area contributed by atoms with Crippen LogP contribution in [-0.4, -0.2) is 9.97 Å². The fourth-order valence-electron chi connectivity index (χ4n) is 5.23. The van der Waals surface area contributed by atoms with Crippen LogP contribution >= 0.6 is 0 Å². The molecule has 4 nitrogen and oxygen atoms in total. The number of fused-ring (bicyclic) bond motifs is 10. The van der Waals surface area contributed by atoms with E-state index < -0.39 is 0 Å². The van der Waals surface area contributed by atoms with Gasteiger partial charge in [-0.05, 0) is 46.2 Å². The van der Waals surface area contributed by atoms with Gasteiger partial charge in [0.15, 0.2) is 0 Å². The molecule has 3 aromatic heterocycles. The fourth-order valence-corrected chi connectivity index (χ4v) is 5.23. The Labute approximate surface area is 248 Å². The van der Waals surface area contributed by atoms with E-state index in [-0.39, 0.29) is 25.9 Å². The summed E-state index contributed by atoms with van der Waals surface area (Å²) in [6.07, 6.45) is 3.51. The van der Waals surface area contributed by atoms with Crippen molar-refractivity contribution >= 4 is 54.4 Å². The zero-order valence-corrected chi connectivity index (χ0v) is 23.7. The molecular weight excluding hydrogens is 690 g/mol. The molecule has 197 valence electrons. The molecule has 0 unspecified atom stereocenters. The van der Waals surface area contributed by atoms with Crippen LogP contribution < -0.4 is 0 Å². The molecule has 0 N–H and O–H groups in total.